The van der Waals surface area contributed by atoms with Crippen molar-refractivity contribution in [3.63, 3.8) is 0 Å². The molecule has 1 heterocycles. The molecule has 1 atom stereocenters. The molecule has 0 radical (unpaired) electrons. The second kappa shape index (κ2) is 6.52. The number of anilines is 1. The topological polar surface area (TPSA) is 53.9 Å². The molecule has 1 aliphatic rings. The number of hydrogen-bond acceptors (Lipinski definition) is 2. The first-order chi connectivity index (χ1) is 9.58. The van der Waals surface area contributed by atoms with Crippen LogP contribution in [-0.4, -0.2) is 48.9 Å². The zero-order valence-corrected chi connectivity index (χ0v) is 12.1. The molecular weight excluding hydrogens is 254 g/mol. The van der Waals surface area contributed by atoms with Crippen molar-refractivity contribution >= 4 is 17.5 Å². The van der Waals surface area contributed by atoms with Crippen LogP contribution in [0.15, 0.2) is 30.3 Å². The molecule has 20 heavy (non-hydrogen) atoms. The van der Waals surface area contributed by atoms with Crippen LogP contribution in [-0.2, 0) is 9.59 Å². The second-order valence-electron chi connectivity index (χ2n) is 5.24. The summed E-state index contributed by atoms with van der Waals surface area (Å²) in [5, 5.41) is 2.93. The van der Waals surface area contributed by atoms with Crippen molar-refractivity contribution in [2.24, 2.45) is 0 Å². The Kier molecular flexibility index (Phi) is 4.74. The highest BCUT2D eigenvalue weighted by atomic mass is 16.2. The fourth-order valence-corrected chi connectivity index (χ4v) is 2.50. The van der Waals surface area contributed by atoms with E-state index >= 15 is 0 Å². The molecule has 2 N–H and O–H groups in total. The van der Waals surface area contributed by atoms with E-state index in [4.69, 9.17) is 0 Å². The predicted octanol–water partition coefficient (Wildman–Crippen LogP) is -0.239. The Morgan fingerprint density at radius 3 is 2.35 bits per heavy atom. The number of rotatable bonds is 3. The molecule has 108 valence electrons. The Morgan fingerprint density at radius 2 is 1.80 bits per heavy atom. The zero-order valence-electron chi connectivity index (χ0n) is 12.1. The van der Waals surface area contributed by atoms with E-state index < -0.39 is 0 Å². The van der Waals surface area contributed by atoms with Crippen LogP contribution in [0.2, 0.25) is 0 Å². The molecule has 1 aliphatic heterocycles. The van der Waals surface area contributed by atoms with Crippen LogP contribution in [0.4, 0.5) is 5.69 Å². The van der Waals surface area contributed by atoms with Crippen LogP contribution in [0.25, 0.3) is 0 Å². The summed E-state index contributed by atoms with van der Waals surface area (Å²) in [5.41, 5.74) is 0.825. The van der Waals surface area contributed by atoms with E-state index in [1.54, 1.807) is 6.92 Å². The van der Waals surface area contributed by atoms with Crippen LogP contribution in [0.3, 0.4) is 0 Å². The molecule has 1 saturated heterocycles. The average Bonchev–Trinajstić information content (AvgIpc) is 2.47. The summed E-state index contributed by atoms with van der Waals surface area (Å²) in [5.74, 6) is 0.146. The molecule has 1 aromatic rings. The van der Waals surface area contributed by atoms with Gasteiger partial charge in [0.15, 0.2) is 6.04 Å². The Labute approximate surface area is 119 Å². The van der Waals surface area contributed by atoms with E-state index in [0.717, 1.165) is 31.9 Å². The number of piperazine rings is 1. The smallest absolute Gasteiger partial charge is 0.282 e. The van der Waals surface area contributed by atoms with Crippen molar-refractivity contribution in [3.05, 3.63) is 30.3 Å². The minimum atomic E-state index is -0.107. The SMILES string of the molecule is CC(=O)N1CC[NH+]([C@@H](C)C(=O)Nc2ccccc2)CC1. The predicted molar refractivity (Wildman–Crippen MR) is 77.5 cm³/mol. The molecule has 0 bridgehead atoms. The molecule has 5 nitrogen and oxygen atoms in total. The highest BCUT2D eigenvalue weighted by molar-refractivity contribution is 5.93. The van der Waals surface area contributed by atoms with Crippen molar-refractivity contribution in [2.45, 2.75) is 19.9 Å². The highest BCUT2D eigenvalue weighted by Gasteiger charge is 2.29. The molecule has 1 aromatic carbocycles. The Hall–Kier alpha value is -1.88. The fraction of sp³-hybridized carbons (Fsp3) is 0.467. The molecule has 0 unspecified atom stereocenters. The molecule has 0 aromatic heterocycles. The summed E-state index contributed by atoms with van der Waals surface area (Å²) >= 11 is 0. The van der Waals surface area contributed by atoms with Crippen molar-refractivity contribution < 1.29 is 14.5 Å². The molecule has 2 amide bonds. The maximum absolute atomic E-state index is 12.2. The van der Waals surface area contributed by atoms with E-state index in [0.29, 0.717) is 0 Å². The molecule has 1 fully saturated rings. The third-order valence-electron chi connectivity index (χ3n) is 3.90. The fourth-order valence-electron chi connectivity index (χ4n) is 2.50. The molecule has 5 heteroatoms. The van der Waals surface area contributed by atoms with Gasteiger partial charge in [0.25, 0.3) is 5.91 Å². The molecule has 0 aliphatic carbocycles. The lowest BCUT2D eigenvalue weighted by Gasteiger charge is -2.34. The van der Waals surface area contributed by atoms with Crippen LogP contribution in [0, 0.1) is 0 Å². The highest BCUT2D eigenvalue weighted by Crippen LogP contribution is 2.05. The van der Waals surface area contributed by atoms with Crippen molar-refractivity contribution in [1.82, 2.24) is 4.90 Å². The van der Waals surface area contributed by atoms with Gasteiger partial charge in [0.2, 0.25) is 5.91 Å². The molecule has 0 spiro atoms. The first-order valence-corrected chi connectivity index (χ1v) is 7.04. The van der Waals surface area contributed by atoms with Crippen molar-refractivity contribution in [2.75, 3.05) is 31.5 Å². The van der Waals surface area contributed by atoms with Crippen LogP contribution in [0.5, 0.6) is 0 Å². The molecular formula is C15H22N3O2+. The minimum absolute atomic E-state index is 0.0301. The van der Waals surface area contributed by atoms with Gasteiger partial charge in [-0.15, -0.1) is 0 Å². The lowest BCUT2D eigenvalue weighted by Crippen LogP contribution is -3.19. The summed E-state index contributed by atoms with van der Waals surface area (Å²) in [6.45, 7) is 6.64. The van der Waals surface area contributed by atoms with E-state index in [1.807, 2.05) is 42.2 Å². The van der Waals surface area contributed by atoms with Gasteiger partial charge in [-0.1, -0.05) is 18.2 Å². The standard InChI is InChI=1S/C15H21N3O2/c1-12(15(20)16-14-6-4-3-5-7-14)17-8-10-18(11-9-17)13(2)19/h3-7,12H,8-11H2,1-2H3,(H,16,20)/p+1/t12-/m0/s1. The number of carbonyl (C=O) groups excluding carboxylic acids is 2. The maximum Gasteiger partial charge on any atom is 0.282 e. The number of quaternary nitrogens is 1. The normalized spacial score (nSPS) is 17.6. The second-order valence-corrected chi connectivity index (χ2v) is 5.24. The van der Waals surface area contributed by atoms with Gasteiger partial charge in [-0.3, -0.25) is 9.59 Å². The molecule has 2 rings (SSSR count). The quantitative estimate of drug-likeness (QED) is 0.801. The lowest BCUT2D eigenvalue weighted by atomic mass is 10.2. The van der Waals surface area contributed by atoms with Crippen LogP contribution in [0.1, 0.15) is 13.8 Å². The number of benzene rings is 1. The number of nitrogens with one attached hydrogen (secondary N) is 2. The van der Waals surface area contributed by atoms with Gasteiger partial charge in [-0.05, 0) is 19.1 Å². The van der Waals surface area contributed by atoms with E-state index in [1.165, 1.54) is 4.90 Å². The summed E-state index contributed by atoms with van der Waals surface area (Å²) < 4.78 is 0. The Bertz CT molecular complexity index is 467. The van der Waals surface area contributed by atoms with Crippen molar-refractivity contribution in [1.29, 1.82) is 0 Å². The van der Waals surface area contributed by atoms with Crippen LogP contribution < -0.4 is 10.2 Å². The first-order valence-electron chi connectivity index (χ1n) is 7.04. The Balaban J connectivity index is 1.87. The van der Waals surface area contributed by atoms with Gasteiger partial charge in [0.05, 0.1) is 26.2 Å². The van der Waals surface area contributed by atoms with Gasteiger partial charge in [0, 0.05) is 12.6 Å². The van der Waals surface area contributed by atoms with E-state index in [-0.39, 0.29) is 17.9 Å². The number of nitrogens with zero attached hydrogens (tertiary/aromatic N) is 1. The van der Waals surface area contributed by atoms with Gasteiger partial charge in [0.1, 0.15) is 0 Å². The zero-order chi connectivity index (χ0) is 14.5. The monoisotopic (exact) mass is 276 g/mol. The largest absolute Gasteiger partial charge is 0.332 e. The summed E-state index contributed by atoms with van der Waals surface area (Å²) in [6.07, 6.45) is 0. The summed E-state index contributed by atoms with van der Waals surface area (Å²) in [6, 6.07) is 9.38. The number of amides is 2. The average molecular weight is 276 g/mol. The first kappa shape index (κ1) is 14.5. The van der Waals surface area contributed by atoms with Gasteiger partial charge in [-0.2, -0.15) is 0 Å². The van der Waals surface area contributed by atoms with Gasteiger partial charge >= 0.3 is 0 Å². The summed E-state index contributed by atoms with van der Waals surface area (Å²) in [4.78, 5) is 26.6. The van der Waals surface area contributed by atoms with Gasteiger partial charge < -0.3 is 15.1 Å². The number of para-hydroxylation sites is 1. The van der Waals surface area contributed by atoms with Gasteiger partial charge in [-0.25, -0.2) is 0 Å². The molecule has 0 saturated carbocycles. The van der Waals surface area contributed by atoms with Crippen molar-refractivity contribution in [3.8, 4) is 0 Å². The number of hydrogen-bond donors (Lipinski definition) is 2. The number of carbonyl (C=O) groups is 2. The van der Waals surface area contributed by atoms with E-state index in [2.05, 4.69) is 5.32 Å². The summed E-state index contributed by atoms with van der Waals surface area (Å²) in [7, 11) is 0. The minimum Gasteiger partial charge on any atom is -0.332 e. The lowest BCUT2D eigenvalue weighted by molar-refractivity contribution is -0.917. The maximum atomic E-state index is 12.2. The van der Waals surface area contributed by atoms with Crippen LogP contribution >= 0.6 is 0 Å². The third kappa shape index (κ3) is 3.57. The van der Waals surface area contributed by atoms with E-state index in [9.17, 15) is 9.59 Å². The third-order valence-corrected chi connectivity index (χ3v) is 3.90. The Morgan fingerprint density at radius 1 is 1.20 bits per heavy atom.